The van der Waals surface area contributed by atoms with Crippen molar-refractivity contribution < 1.29 is 0 Å². The molecule has 1 unspecified atom stereocenters. The molecule has 0 fully saturated rings. The zero-order chi connectivity index (χ0) is 6.97. The summed E-state index contributed by atoms with van der Waals surface area (Å²) in [7, 11) is 0. The van der Waals surface area contributed by atoms with Crippen molar-refractivity contribution in [1.29, 1.82) is 0 Å². The van der Waals surface area contributed by atoms with Gasteiger partial charge < -0.3 is 10.7 Å². The number of aromatic nitrogens is 1. The molecule has 1 aliphatic carbocycles. The first-order valence-corrected chi connectivity index (χ1v) is 3.47. The molecule has 0 radical (unpaired) electrons. The first-order valence-electron chi connectivity index (χ1n) is 3.47. The molecule has 0 saturated heterocycles. The lowest BCUT2D eigenvalue weighted by Gasteiger charge is -2.03. The fraction of sp³-hybridized carbons (Fsp3) is 0.250. The second-order valence-electron chi connectivity index (χ2n) is 2.62. The molecule has 2 nitrogen and oxygen atoms in total. The molecule has 0 spiro atoms. The first kappa shape index (κ1) is 5.74. The van der Waals surface area contributed by atoms with E-state index in [4.69, 9.17) is 5.73 Å². The van der Waals surface area contributed by atoms with Crippen LogP contribution < -0.4 is 16.3 Å². The number of hydrogen-bond acceptors (Lipinski definition) is 1. The summed E-state index contributed by atoms with van der Waals surface area (Å²) in [6, 6.07) is 2.27. The quantitative estimate of drug-likeness (QED) is 0.484. The molecular weight excluding hydrogens is 124 g/mol. The van der Waals surface area contributed by atoms with Gasteiger partial charge >= 0.3 is 0 Å². The summed E-state index contributed by atoms with van der Waals surface area (Å²) >= 11 is 0. The predicted molar refractivity (Wildman–Crippen MR) is 41.6 cm³/mol. The van der Waals surface area contributed by atoms with Gasteiger partial charge in [0.2, 0.25) is 0 Å². The largest absolute Gasteiger partial charge is 0.361 e. The number of hydrogen-bond donors (Lipinski definition) is 2. The molecule has 0 saturated carbocycles. The number of rotatable bonds is 0. The minimum absolute atomic E-state index is 0.200. The van der Waals surface area contributed by atoms with Gasteiger partial charge in [-0.25, -0.2) is 0 Å². The summed E-state index contributed by atoms with van der Waals surface area (Å²) in [6.45, 7) is 0. The topological polar surface area (TPSA) is 41.8 Å². The molecule has 1 aromatic heterocycles. The van der Waals surface area contributed by atoms with Crippen molar-refractivity contribution in [2.24, 2.45) is 5.73 Å². The summed E-state index contributed by atoms with van der Waals surface area (Å²) in [5, 5.41) is 2.44. The molecular formula is C8H10N2. The van der Waals surface area contributed by atoms with E-state index in [2.05, 4.69) is 23.2 Å². The highest BCUT2D eigenvalue weighted by Gasteiger charge is 2.00. The number of nitrogens with one attached hydrogen (secondary N) is 1. The Morgan fingerprint density at radius 2 is 2.50 bits per heavy atom. The maximum Gasteiger partial charge on any atom is 0.0425 e. The maximum atomic E-state index is 5.70. The first-order chi connectivity index (χ1) is 4.86. The monoisotopic (exact) mass is 134 g/mol. The molecule has 2 rings (SSSR count). The van der Waals surface area contributed by atoms with E-state index >= 15 is 0 Å². The van der Waals surface area contributed by atoms with Gasteiger partial charge in [0, 0.05) is 17.6 Å². The zero-order valence-corrected chi connectivity index (χ0v) is 5.67. The van der Waals surface area contributed by atoms with E-state index in [1.54, 1.807) is 0 Å². The normalized spacial score (nSPS) is 22.7. The van der Waals surface area contributed by atoms with Gasteiger partial charge in [-0.05, 0) is 23.8 Å². The van der Waals surface area contributed by atoms with Crippen LogP contribution in [0.4, 0.5) is 0 Å². The third-order valence-electron chi connectivity index (χ3n) is 1.80. The molecule has 1 atom stereocenters. The molecule has 1 heterocycles. The third kappa shape index (κ3) is 0.772. The van der Waals surface area contributed by atoms with E-state index in [-0.39, 0.29) is 6.04 Å². The van der Waals surface area contributed by atoms with E-state index in [1.165, 1.54) is 10.6 Å². The van der Waals surface area contributed by atoms with Crippen molar-refractivity contribution in [1.82, 2.24) is 4.98 Å². The Bertz CT molecular complexity index is 334. The molecule has 2 heteroatoms. The minimum atomic E-state index is 0.200. The molecule has 10 heavy (non-hydrogen) atoms. The zero-order valence-electron chi connectivity index (χ0n) is 5.67. The third-order valence-corrected chi connectivity index (χ3v) is 1.80. The van der Waals surface area contributed by atoms with Crippen molar-refractivity contribution in [2.75, 3.05) is 0 Å². The maximum absolute atomic E-state index is 5.70. The molecule has 0 bridgehead atoms. The van der Waals surface area contributed by atoms with Gasteiger partial charge in [-0.15, -0.1) is 0 Å². The van der Waals surface area contributed by atoms with Crippen LogP contribution in [0.25, 0.3) is 12.2 Å². The number of nitrogens with two attached hydrogens (primary N) is 1. The van der Waals surface area contributed by atoms with E-state index in [0.29, 0.717) is 0 Å². The van der Waals surface area contributed by atoms with E-state index in [0.717, 1.165) is 6.42 Å². The minimum Gasteiger partial charge on any atom is -0.361 e. The molecule has 52 valence electrons. The van der Waals surface area contributed by atoms with Crippen LogP contribution in [0.1, 0.15) is 6.42 Å². The standard InChI is InChI=1S/C8H10N2/c9-7-2-1-6-3-4-10-8(6)5-7/h1,3-5,7,10H,2,9H2. The molecule has 0 amide bonds. The van der Waals surface area contributed by atoms with Crippen LogP contribution in [0.5, 0.6) is 0 Å². The Balaban J connectivity index is 2.73. The number of aromatic amines is 1. The van der Waals surface area contributed by atoms with Crippen LogP contribution in [-0.2, 0) is 0 Å². The lowest BCUT2D eigenvalue weighted by Crippen LogP contribution is -2.32. The van der Waals surface area contributed by atoms with Crippen LogP contribution in [0.15, 0.2) is 12.3 Å². The van der Waals surface area contributed by atoms with Crippen LogP contribution in [0.3, 0.4) is 0 Å². The highest BCUT2D eigenvalue weighted by molar-refractivity contribution is 5.40. The second-order valence-corrected chi connectivity index (χ2v) is 2.62. The van der Waals surface area contributed by atoms with E-state index < -0.39 is 0 Å². The fourth-order valence-corrected chi connectivity index (χ4v) is 1.26. The lowest BCUT2D eigenvalue weighted by molar-refractivity contribution is 0.884. The van der Waals surface area contributed by atoms with Gasteiger partial charge in [0.25, 0.3) is 0 Å². The Morgan fingerprint density at radius 3 is 3.40 bits per heavy atom. The Kier molecular flexibility index (Phi) is 1.14. The molecule has 1 aromatic rings. The van der Waals surface area contributed by atoms with Crippen molar-refractivity contribution in [3.8, 4) is 0 Å². The summed E-state index contributed by atoms with van der Waals surface area (Å²) in [5.41, 5.74) is 5.70. The van der Waals surface area contributed by atoms with Gasteiger partial charge in [0.05, 0.1) is 0 Å². The van der Waals surface area contributed by atoms with Crippen LogP contribution in [0, 0.1) is 0 Å². The SMILES string of the molecule is NC1C=c2[nH]ccc2=CC1. The summed E-state index contributed by atoms with van der Waals surface area (Å²) in [6.07, 6.45) is 7.13. The van der Waals surface area contributed by atoms with Crippen molar-refractivity contribution in [2.45, 2.75) is 12.5 Å². The highest BCUT2D eigenvalue weighted by Crippen LogP contribution is 1.92. The Morgan fingerprint density at radius 1 is 1.60 bits per heavy atom. The average molecular weight is 134 g/mol. The van der Waals surface area contributed by atoms with Gasteiger partial charge in [-0.3, -0.25) is 0 Å². The fourth-order valence-electron chi connectivity index (χ4n) is 1.26. The average Bonchev–Trinajstić information content (AvgIpc) is 2.33. The van der Waals surface area contributed by atoms with Gasteiger partial charge in [-0.1, -0.05) is 6.08 Å². The Hall–Kier alpha value is -1.02. The van der Waals surface area contributed by atoms with Crippen LogP contribution in [0.2, 0.25) is 0 Å². The smallest absolute Gasteiger partial charge is 0.0425 e. The van der Waals surface area contributed by atoms with Gasteiger partial charge in [0.1, 0.15) is 0 Å². The highest BCUT2D eigenvalue weighted by atomic mass is 14.7. The molecule has 0 aliphatic heterocycles. The van der Waals surface area contributed by atoms with E-state index in [9.17, 15) is 0 Å². The van der Waals surface area contributed by atoms with Crippen LogP contribution >= 0.6 is 0 Å². The van der Waals surface area contributed by atoms with Crippen molar-refractivity contribution in [3.05, 3.63) is 22.8 Å². The summed E-state index contributed by atoms with van der Waals surface area (Å²) < 4.78 is 0. The number of H-pyrrole nitrogens is 1. The Labute approximate surface area is 59.1 Å². The lowest BCUT2D eigenvalue weighted by atomic mass is 10.1. The molecule has 1 aliphatic rings. The van der Waals surface area contributed by atoms with Crippen molar-refractivity contribution in [3.63, 3.8) is 0 Å². The summed E-state index contributed by atoms with van der Waals surface area (Å²) in [4.78, 5) is 3.12. The molecule has 0 aromatic carbocycles. The van der Waals surface area contributed by atoms with Crippen LogP contribution in [-0.4, -0.2) is 11.0 Å². The second kappa shape index (κ2) is 1.99. The summed E-state index contributed by atoms with van der Waals surface area (Å²) in [5.74, 6) is 0. The number of fused-ring (bicyclic) bond motifs is 1. The predicted octanol–water partition coefficient (Wildman–Crippen LogP) is -0.693. The van der Waals surface area contributed by atoms with Crippen molar-refractivity contribution >= 4 is 12.2 Å². The molecule has 3 N–H and O–H groups in total. The van der Waals surface area contributed by atoms with Gasteiger partial charge in [-0.2, -0.15) is 0 Å². The van der Waals surface area contributed by atoms with E-state index in [1.807, 2.05) is 6.20 Å². The van der Waals surface area contributed by atoms with Gasteiger partial charge in [0.15, 0.2) is 0 Å².